The monoisotopic (exact) mass is 201 g/mol. The van der Waals surface area contributed by atoms with Gasteiger partial charge in [0.2, 0.25) is 0 Å². The average Bonchev–Trinajstić information content (AvgIpc) is 2.15. The highest BCUT2D eigenvalue weighted by molar-refractivity contribution is 5.36. The molecule has 0 fully saturated rings. The summed E-state index contributed by atoms with van der Waals surface area (Å²) in [5.41, 5.74) is -1.17. The summed E-state index contributed by atoms with van der Waals surface area (Å²) in [4.78, 5) is 3.25. The van der Waals surface area contributed by atoms with Gasteiger partial charge in [0.05, 0.1) is 7.11 Å². The molecule has 1 rings (SSSR count). The van der Waals surface area contributed by atoms with Crippen LogP contribution in [0.2, 0.25) is 0 Å². The van der Waals surface area contributed by atoms with E-state index in [1.165, 1.54) is 6.07 Å². The van der Waals surface area contributed by atoms with Crippen molar-refractivity contribution in [3.8, 4) is 18.1 Å². The molecule has 0 aliphatic rings. The van der Waals surface area contributed by atoms with Gasteiger partial charge in [0.1, 0.15) is 11.4 Å². The molecule has 2 nitrogen and oxygen atoms in total. The molecule has 0 saturated heterocycles. The SMILES string of the molecule is C#Cc1ccc(OC)c(C(F)(F)F)n1. The molecular weight excluding hydrogens is 195 g/mol. The number of aromatic nitrogens is 1. The van der Waals surface area contributed by atoms with Gasteiger partial charge in [-0.2, -0.15) is 13.2 Å². The van der Waals surface area contributed by atoms with Crippen molar-refractivity contribution in [1.29, 1.82) is 0 Å². The zero-order valence-electron chi connectivity index (χ0n) is 7.22. The zero-order valence-corrected chi connectivity index (χ0v) is 7.22. The molecule has 0 unspecified atom stereocenters. The van der Waals surface area contributed by atoms with Crippen LogP contribution in [0.15, 0.2) is 12.1 Å². The first-order chi connectivity index (χ1) is 6.49. The topological polar surface area (TPSA) is 22.1 Å². The second-order valence-corrected chi connectivity index (χ2v) is 2.39. The maximum atomic E-state index is 12.3. The van der Waals surface area contributed by atoms with Gasteiger partial charge >= 0.3 is 6.18 Å². The number of alkyl halides is 3. The van der Waals surface area contributed by atoms with Gasteiger partial charge in [-0.1, -0.05) is 5.92 Å². The lowest BCUT2D eigenvalue weighted by molar-refractivity contribution is -0.142. The maximum Gasteiger partial charge on any atom is 0.437 e. The van der Waals surface area contributed by atoms with E-state index in [2.05, 4.69) is 9.72 Å². The van der Waals surface area contributed by atoms with Gasteiger partial charge in [0.15, 0.2) is 5.69 Å². The molecule has 0 bridgehead atoms. The number of nitrogens with zero attached hydrogens (tertiary/aromatic N) is 1. The molecule has 0 saturated carbocycles. The van der Waals surface area contributed by atoms with Gasteiger partial charge in [0.25, 0.3) is 0 Å². The quantitative estimate of drug-likeness (QED) is 0.649. The second-order valence-electron chi connectivity index (χ2n) is 2.39. The van der Waals surface area contributed by atoms with Crippen molar-refractivity contribution < 1.29 is 17.9 Å². The van der Waals surface area contributed by atoms with Gasteiger partial charge in [-0.25, -0.2) is 4.98 Å². The molecule has 0 spiro atoms. The standard InChI is InChI=1S/C9H6F3NO/c1-3-6-4-5-7(14-2)8(13-6)9(10,11)12/h1,4-5H,2H3. The first-order valence-corrected chi connectivity index (χ1v) is 3.58. The van der Waals surface area contributed by atoms with Crippen molar-refractivity contribution in [2.24, 2.45) is 0 Å². The number of methoxy groups -OCH3 is 1. The molecule has 74 valence electrons. The predicted octanol–water partition coefficient (Wildman–Crippen LogP) is 2.09. The summed E-state index contributed by atoms with van der Waals surface area (Å²) < 4.78 is 41.5. The minimum absolute atomic E-state index is 0.0712. The fourth-order valence-electron chi connectivity index (χ4n) is 0.895. The molecule has 0 amide bonds. The predicted molar refractivity (Wildman–Crippen MR) is 43.7 cm³/mol. The molecule has 5 heteroatoms. The number of hydrogen-bond donors (Lipinski definition) is 0. The van der Waals surface area contributed by atoms with Crippen molar-refractivity contribution in [1.82, 2.24) is 4.98 Å². The van der Waals surface area contributed by atoms with Crippen LogP contribution in [0, 0.1) is 12.3 Å². The summed E-state index contributed by atoms with van der Waals surface area (Å²) in [5.74, 6) is 1.69. The van der Waals surface area contributed by atoms with Crippen LogP contribution in [0.3, 0.4) is 0 Å². The third-order valence-electron chi connectivity index (χ3n) is 1.49. The van der Waals surface area contributed by atoms with E-state index >= 15 is 0 Å². The van der Waals surface area contributed by atoms with Crippen LogP contribution in [0.1, 0.15) is 11.4 Å². The lowest BCUT2D eigenvalue weighted by atomic mass is 10.2. The molecule has 0 atom stereocenters. The van der Waals surface area contributed by atoms with Crippen LogP contribution in [0.5, 0.6) is 5.75 Å². The van der Waals surface area contributed by atoms with Crippen molar-refractivity contribution in [3.05, 3.63) is 23.5 Å². The lowest BCUT2D eigenvalue weighted by Gasteiger charge is -2.10. The second kappa shape index (κ2) is 3.58. The van der Waals surface area contributed by atoms with E-state index in [9.17, 15) is 13.2 Å². The minimum Gasteiger partial charge on any atom is -0.494 e. The van der Waals surface area contributed by atoms with Crippen LogP contribution < -0.4 is 4.74 Å². The highest BCUT2D eigenvalue weighted by Crippen LogP contribution is 2.34. The third-order valence-corrected chi connectivity index (χ3v) is 1.49. The Morgan fingerprint density at radius 1 is 1.43 bits per heavy atom. The van der Waals surface area contributed by atoms with Crippen molar-refractivity contribution in [2.45, 2.75) is 6.18 Å². The molecule has 0 N–H and O–H groups in total. The van der Waals surface area contributed by atoms with Crippen LogP contribution >= 0.6 is 0 Å². The lowest BCUT2D eigenvalue weighted by Crippen LogP contribution is -2.11. The van der Waals surface area contributed by atoms with Gasteiger partial charge in [0, 0.05) is 0 Å². The molecule has 1 aromatic heterocycles. The number of hydrogen-bond acceptors (Lipinski definition) is 2. The summed E-state index contributed by atoms with van der Waals surface area (Å²) in [6, 6.07) is 2.43. The number of ether oxygens (including phenoxy) is 1. The fourth-order valence-corrected chi connectivity index (χ4v) is 0.895. The Morgan fingerprint density at radius 2 is 2.07 bits per heavy atom. The number of terminal acetylenes is 1. The van der Waals surface area contributed by atoms with Crippen molar-refractivity contribution in [2.75, 3.05) is 7.11 Å². The number of pyridine rings is 1. The normalized spacial score (nSPS) is 10.8. The smallest absolute Gasteiger partial charge is 0.437 e. The Balaban J connectivity index is 3.31. The zero-order chi connectivity index (χ0) is 10.8. The Labute approximate surface area is 78.7 Å². The van der Waals surface area contributed by atoms with Crippen molar-refractivity contribution >= 4 is 0 Å². The number of halogens is 3. The fraction of sp³-hybridized carbons (Fsp3) is 0.222. The van der Waals surface area contributed by atoms with Crippen LogP contribution in [0.4, 0.5) is 13.2 Å². The van der Waals surface area contributed by atoms with Gasteiger partial charge in [-0.05, 0) is 12.1 Å². The highest BCUT2D eigenvalue weighted by Gasteiger charge is 2.36. The van der Waals surface area contributed by atoms with Gasteiger partial charge in [-0.15, -0.1) is 6.42 Å². The molecule has 14 heavy (non-hydrogen) atoms. The summed E-state index contributed by atoms with van der Waals surface area (Å²) in [5, 5.41) is 0. The summed E-state index contributed by atoms with van der Waals surface area (Å²) in [7, 11) is 1.14. The molecule has 1 heterocycles. The Kier molecular flexibility index (Phi) is 2.65. The molecule has 0 aliphatic heterocycles. The largest absolute Gasteiger partial charge is 0.494 e. The highest BCUT2D eigenvalue weighted by atomic mass is 19.4. The van der Waals surface area contributed by atoms with E-state index in [0.717, 1.165) is 13.2 Å². The van der Waals surface area contributed by atoms with E-state index in [1.54, 1.807) is 0 Å². The molecule has 1 aromatic rings. The molecular formula is C9H6F3NO. The molecule has 0 aliphatic carbocycles. The van der Waals surface area contributed by atoms with E-state index in [0.29, 0.717) is 0 Å². The van der Waals surface area contributed by atoms with Crippen LogP contribution in [0.25, 0.3) is 0 Å². The van der Waals surface area contributed by atoms with E-state index in [-0.39, 0.29) is 11.4 Å². The summed E-state index contributed by atoms with van der Waals surface area (Å²) in [6.07, 6.45) is 0.376. The van der Waals surface area contributed by atoms with E-state index in [4.69, 9.17) is 6.42 Å². The van der Waals surface area contributed by atoms with Gasteiger partial charge in [-0.3, -0.25) is 0 Å². The van der Waals surface area contributed by atoms with E-state index in [1.807, 2.05) is 5.92 Å². The van der Waals surface area contributed by atoms with Gasteiger partial charge < -0.3 is 4.74 Å². The molecule has 0 radical (unpaired) electrons. The summed E-state index contributed by atoms with van der Waals surface area (Å²) >= 11 is 0. The average molecular weight is 201 g/mol. The summed E-state index contributed by atoms with van der Waals surface area (Å²) in [6.45, 7) is 0. The minimum atomic E-state index is -4.56. The molecule has 0 aromatic carbocycles. The van der Waals surface area contributed by atoms with Crippen LogP contribution in [-0.4, -0.2) is 12.1 Å². The van der Waals surface area contributed by atoms with Crippen molar-refractivity contribution in [3.63, 3.8) is 0 Å². The number of rotatable bonds is 1. The third kappa shape index (κ3) is 1.96. The van der Waals surface area contributed by atoms with E-state index < -0.39 is 11.9 Å². The first-order valence-electron chi connectivity index (χ1n) is 3.58. The first kappa shape index (κ1) is 10.4. The maximum absolute atomic E-state index is 12.3. The Bertz CT molecular complexity index is 379. The Hall–Kier alpha value is -1.70. The van der Waals surface area contributed by atoms with Crippen LogP contribution in [-0.2, 0) is 6.18 Å². The Morgan fingerprint density at radius 3 is 2.50 bits per heavy atom.